The van der Waals surface area contributed by atoms with Crippen molar-refractivity contribution < 1.29 is 0 Å². The highest BCUT2D eigenvalue weighted by atomic mass is 127. The summed E-state index contributed by atoms with van der Waals surface area (Å²) in [5, 5.41) is 4.08. The number of rotatable bonds is 0. The second kappa shape index (κ2) is 2.00. The molecule has 37 valence electrons. The topological polar surface area (TPSA) is 26.5 Å². The van der Waals surface area contributed by atoms with Gasteiger partial charge < -0.3 is 0 Å². The Morgan fingerprint density at radius 3 is 2.57 bits per heavy atom. The van der Waals surface area contributed by atoms with Crippen LogP contribution < -0.4 is 5.43 Å². The molecule has 1 rings (SSSR count). The lowest BCUT2D eigenvalue weighted by atomic mass is 10.7. The van der Waals surface area contributed by atoms with E-state index in [0.717, 1.165) is 3.72 Å². The zero-order valence-corrected chi connectivity index (χ0v) is 6.14. The minimum atomic E-state index is 0.462. The number of hydrogen-bond acceptors (Lipinski definition) is 1. The van der Waals surface area contributed by atoms with E-state index in [9.17, 15) is 0 Å². The number of nitrogens with zero attached hydrogens (tertiary/aromatic N) is 2. The molecule has 1 aliphatic heterocycles. The van der Waals surface area contributed by atoms with Crippen molar-refractivity contribution in [3.8, 4) is 0 Å². The summed E-state index contributed by atoms with van der Waals surface area (Å²) >= 11 is 7.42. The molecule has 0 aliphatic carbocycles. The predicted molar refractivity (Wildman–Crippen MR) is 37.5 cm³/mol. The molecule has 0 fully saturated rings. The van der Waals surface area contributed by atoms with Crippen LogP contribution in [-0.4, -0.2) is 3.72 Å². The van der Waals surface area contributed by atoms with Crippen molar-refractivity contribution in [3.63, 3.8) is 0 Å². The molecule has 1 radical (unpaired) electrons. The van der Waals surface area contributed by atoms with E-state index in [-0.39, 0.29) is 0 Å². The molecule has 0 unspecified atom stereocenters. The molecule has 1 aliphatic rings. The molecule has 0 saturated heterocycles. The van der Waals surface area contributed by atoms with Gasteiger partial charge in [0.1, 0.15) is 3.72 Å². The van der Waals surface area contributed by atoms with Gasteiger partial charge in [0.15, 0.2) is 5.16 Å². The molecule has 0 aromatic heterocycles. The lowest BCUT2D eigenvalue weighted by Crippen LogP contribution is -1.79. The summed E-state index contributed by atoms with van der Waals surface area (Å²) in [5.41, 5.74) is 3.52. The van der Waals surface area contributed by atoms with Gasteiger partial charge in [-0.05, 0) is 22.6 Å². The summed E-state index contributed by atoms with van der Waals surface area (Å²) in [7, 11) is 0. The van der Waals surface area contributed by atoms with Gasteiger partial charge in [-0.1, -0.05) is 11.6 Å². The molecule has 0 aromatic carbocycles. The van der Waals surface area contributed by atoms with Crippen molar-refractivity contribution in [1.82, 2.24) is 5.43 Å². The van der Waals surface area contributed by atoms with Gasteiger partial charge in [0, 0.05) is 6.08 Å². The van der Waals surface area contributed by atoms with Crippen molar-refractivity contribution in [2.24, 2.45) is 5.10 Å². The van der Waals surface area contributed by atoms with Crippen molar-refractivity contribution in [2.75, 3.05) is 0 Å². The molecule has 1 heterocycles. The Labute approximate surface area is 59.8 Å². The lowest BCUT2D eigenvalue weighted by Gasteiger charge is -1.75. The maximum Gasteiger partial charge on any atom is 0.154 e. The Kier molecular flexibility index (Phi) is 1.53. The van der Waals surface area contributed by atoms with E-state index in [4.69, 9.17) is 11.6 Å². The van der Waals surface area contributed by atoms with Crippen LogP contribution in [0.5, 0.6) is 0 Å². The largest absolute Gasteiger partial charge is 0.154 e. The first kappa shape index (κ1) is 5.37. The molecule has 0 atom stereocenters. The van der Waals surface area contributed by atoms with Crippen LogP contribution in [0.2, 0.25) is 0 Å². The van der Waals surface area contributed by atoms with Gasteiger partial charge in [0.25, 0.3) is 0 Å². The second-order valence-corrected chi connectivity index (χ2v) is 2.48. The highest BCUT2D eigenvalue weighted by molar-refractivity contribution is 14.1. The van der Waals surface area contributed by atoms with Crippen LogP contribution >= 0.6 is 34.2 Å². The van der Waals surface area contributed by atoms with Gasteiger partial charge in [0.2, 0.25) is 0 Å². The predicted octanol–water partition coefficient (Wildman–Crippen LogP) is 1.43. The fourth-order valence-corrected chi connectivity index (χ4v) is 0.980. The van der Waals surface area contributed by atoms with Crippen molar-refractivity contribution in [1.29, 1.82) is 0 Å². The van der Waals surface area contributed by atoms with Gasteiger partial charge >= 0.3 is 0 Å². The van der Waals surface area contributed by atoms with Gasteiger partial charge in [-0.3, -0.25) is 0 Å². The Balaban J connectivity index is 2.69. The van der Waals surface area contributed by atoms with Crippen LogP contribution in [0.3, 0.4) is 0 Å². The maximum absolute atomic E-state index is 5.38. The van der Waals surface area contributed by atoms with Crippen LogP contribution in [-0.2, 0) is 0 Å². The van der Waals surface area contributed by atoms with E-state index in [2.05, 4.69) is 10.5 Å². The number of hydrogen-bond donors (Lipinski definition) is 0. The average Bonchev–Trinajstić information content (AvgIpc) is 1.87. The van der Waals surface area contributed by atoms with Crippen molar-refractivity contribution >= 4 is 37.9 Å². The molecule has 0 spiro atoms. The first-order valence-electron chi connectivity index (χ1n) is 1.60. The van der Waals surface area contributed by atoms with Crippen LogP contribution in [0.25, 0.3) is 0 Å². The standard InChI is InChI=1S/C3HClIN2/c4-2-1-3(5)7-6-2/h1H. The SMILES string of the molecule is ClC1=CC(I)=N[N]1. The third-order valence-electron chi connectivity index (χ3n) is 0.479. The quantitative estimate of drug-likeness (QED) is 0.442. The molecule has 4 heteroatoms. The third kappa shape index (κ3) is 1.31. The number of halogens is 2. The van der Waals surface area contributed by atoms with E-state index in [1.54, 1.807) is 6.08 Å². The average molecular weight is 227 g/mol. The number of allylic oxidation sites excluding steroid dienone is 1. The van der Waals surface area contributed by atoms with Crippen LogP contribution in [0.15, 0.2) is 16.3 Å². The third-order valence-corrected chi connectivity index (χ3v) is 1.19. The maximum atomic E-state index is 5.38. The summed E-state index contributed by atoms with van der Waals surface area (Å²) in [4.78, 5) is 0. The molecule has 2 nitrogen and oxygen atoms in total. The normalized spacial score (nSPS) is 18.0. The van der Waals surface area contributed by atoms with E-state index in [1.165, 1.54) is 0 Å². The first-order chi connectivity index (χ1) is 3.29. The second-order valence-electron chi connectivity index (χ2n) is 0.990. The van der Waals surface area contributed by atoms with Crippen molar-refractivity contribution in [3.05, 3.63) is 11.2 Å². The first-order valence-corrected chi connectivity index (χ1v) is 3.06. The molecular weight excluding hydrogens is 226 g/mol. The van der Waals surface area contributed by atoms with Crippen LogP contribution in [0, 0.1) is 0 Å². The van der Waals surface area contributed by atoms with E-state index in [0.29, 0.717) is 5.16 Å². The molecular formula is C3HClIN2. The highest BCUT2D eigenvalue weighted by Gasteiger charge is 2.01. The van der Waals surface area contributed by atoms with E-state index < -0.39 is 0 Å². The van der Waals surface area contributed by atoms with Gasteiger partial charge in [-0.2, -0.15) is 0 Å². The molecule has 7 heavy (non-hydrogen) atoms. The molecule has 0 amide bonds. The minimum absolute atomic E-state index is 0.462. The summed E-state index contributed by atoms with van der Waals surface area (Å²) < 4.78 is 0.836. The zero-order valence-electron chi connectivity index (χ0n) is 3.23. The Bertz CT molecular complexity index is 140. The summed E-state index contributed by atoms with van der Waals surface area (Å²) in [6, 6.07) is 0. The molecule has 0 saturated carbocycles. The summed E-state index contributed by atoms with van der Waals surface area (Å²) in [6.07, 6.45) is 1.70. The van der Waals surface area contributed by atoms with Crippen LogP contribution in [0.4, 0.5) is 0 Å². The smallest absolute Gasteiger partial charge is 0.143 e. The highest BCUT2D eigenvalue weighted by Crippen LogP contribution is 2.08. The Morgan fingerprint density at radius 1 is 1.71 bits per heavy atom. The summed E-state index contributed by atoms with van der Waals surface area (Å²) in [6.45, 7) is 0. The fourth-order valence-electron chi connectivity index (χ4n) is 0.252. The Morgan fingerprint density at radius 2 is 2.43 bits per heavy atom. The lowest BCUT2D eigenvalue weighted by molar-refractivity contribution is 0.954. The van der Waals surface area contributed by atoms with Crippen LogP contribution in [0.1, 0.15) is 0 Å². The molecule has 0 aromatic rings. The Hall–Kier alpha value is 0.230. The van der Waals surface area contributed by atoms with Gasteiger partial charge in [-0.15, -0.1) is 10.5 Å². The van der Waals surface area contributed by atoms with Crippen molar-refractivity contribution in [2.45, 2.75) is 0 Å². The summed E-state index contributed by atoms with van der Waals surface area (Å²) in [5.74, 6) is 0. The van der Waals surface area contributed by atoms with Gasteiger partial charge in [0.05, 0.1) is 0 Å². The monoisotopic (exact) mass is 227 g/mol. The van der Waals surface area contributed by atoms with E-state index >= 15 is 0 Å². The fraction of sp³-hybridized carbons (Fsp3) is 0. The molecule has 0 bridgehead atoms. The molecule has 0 N–H and O–H groups in total. The van der Waals surface area contributed by atoms with Gasteiger partial charge in [-0.25, -0.2) is 0 Å². The minimum Gasteiger partial charge on any atom is -0.143 e. The van der Waals surface area contributed by atoms with E-state index in [1.807, 2.05) is 22.6 Å². The zero-order chi connectivity index (χ0) is 5.28.